The molecule has 0 bridgehead atoms. The number of carbonyl (C=O) groups is 1. The van der Waals surface area contributed by atoms with Gasteiger partial charge in [-0.05, 0) is 23.8 Å². The molecule has 2 atom stereocenters. The first-order chi connectivity index (χ1) is 7.19. The Morgan fingerprint density at radius 3 is 2.19 bits per heavy atom. The van der Waals surface area contributed by atoms with Gasteiger partial charge in [0.25, 0.3) is 0 Å². The van der Waals surface area contributed by atoms with E-state index in [4.69, 9.17) is 4.74 Å². The van der Waals surface area contributed by atoms with E-state index in [2.05, 4.69) is 33.9 Å². The molecule has 0 radical (unpaired) electrons. The van der Waals surface area contributed by atoms with Crippen LogP contribution in [-0.4, -0.2) is 21.2 Å². The van der Waals surface area contributed by atoms with E-state index >= 15 is 0 Å². The van der Waals surface area contributed by atoms with Gasteiger partial charge in [-0.3, -0.25) is 4.79 Å². The molecule has 1 fully saturated rings. The van der Waals surface area contributed by atoms with Gasteiger partial charge in [0.15, 0.2) is 0 Å². The van der Waals surface area contributed by atoms with Gasteiger partial charge in [0, 0.05) is 0 Å². The molecule has 0 saturated heterocycles. The van der Waals surface area contributed by atoms with Gasteiger partial charge in [0.1, 0.15) is 0 Å². The minimum atomic E-state index is -1.25. The average Bonchev–Trinajstić information content (AvgIpc) is 2.10. The van der Waals surface area contributed by atoms with E-state index in [1.165, 1.54) is 19.6 Å². The third kappa shape index (κ3) is 2.68. The summed E-state index contributed by atoms with van der Waals surface area (Å²) in [6.45, 7) is 11.9. The number of carbonyl (C=O) groups excluding carboxylic acids is 1. The fraction of sp³-hybridized carbons (Fsp3) is 0.923. The SMILES string of the molecule is COC(=O)[C@@H]1CC[C@H]1C[Si](C)(C)C(C)(C)C. The van der Waals surface area contributed by atoms with Crippen molar-refractivity contribution in [2.75, 3.05) is 7.11 Å². The Bertz CT molecular complexity index is 266. The number of hydrogen-bond acceptors (Lipinski definition) is 2. The highest BCUT2D eigenvalue weighted by Crippen LogP contribution is 2.47. The van der Waals surface area contributed by atoms with E-state index in [-0.39, 0.29) is 11.9 Å². The minimum Gasteiger partial charge on any atom is -0.469 e. The zero-order valence-corrected chi connectivity index (χ0v) is 12.6. The van der Waals surface area contributed by atoms with Gasteiger partial charge in [-0.2, -0.15) is 0 Å². The molecular formula is C13H26O2Si. The largest absolute Gasteiger partial charge is 0.469 e. The highest BCUT2D eigenvalue weighted by Gasteiger charge is 2.44. The van der Waals surface area contributed by atoms with Crippen LogP contribution in [0, 0.1) is 11.8 Å². The Labute approximate surface area is 101 Å². The van der Waals surface area contributed by atoms with E-state index in [0.29, 0.717) is 11.0 Å². The third-order valence-electron chi connectivity index (χ3n) is 4.72. The Hall–Kier alpha value is -0.313. The van der Waals surface area contributed by atoms with E-state index in [9.17, 15) is 4.79 Å². The second kappa shape index (κ2) is 4.51. The summed E-state index contributed by atoms with van der Waals surface area (Å²) in [7, 11) is 0.258. The van der Waals surface area contributed by atoms with E-state index < -0.39 is 8.07 Å². The maximum Gasteiger partial charge on any atom is 0.308 e. The van der Waals surface area contributed by atoms with Gasteiger partial charge in [-0.1, -0.05) is 39.9 Å². The normalized spacial score (nSPS) is 26.1. The number of methoxy groups -OCH3 is 1. The Morgan fingerprint density at radius 2 is 1.88 bits per heavy atom. The lowest BCUT2D eigenvalue weighted by Crippen LogP contribution is -2.44. The summed E-state index contributed by atoms with van der Waals surface area (Å²) in [6, 6.07) is 1.26. The highest BCUT2D eigenvalue weighted by molar-refractivity contribution is 6.80. The predicted molar refractivity (Wildman–Crippen MR) is 70.2 cm³/mol. The molecular weight excluding hydrogens is 216 g/mol. The van der Waals surface area contributed by atoms with E-state index in [0.717, 1.165) is 6.42 Å². The topological polar surface area (TPSA) is 26.3 Å². The van der Waals surface area contributed by atoms with E-state index in [1.807, 2.05) is 0 Å². The summed E-state index contributed by atoms with van der Waals surface area (Å²) in [4.78, 5) is 11.5. The summed E-state index contributed by atoms with van der Waals surface area (Å²) < 4.78 is 4.86. The lowest BCUT2D eigenvalue weighted by atomic mass is 9.75. The zero-order chi connectivity index (χ0) is 12.6. The molecule has 94 valence electrons. The zero-order valence-electron chi connectivity index (χ0n) is 11.6. The van der Waals surface area contributed by atoms with Crippen LogP contribution in [0.1, 0.15) is 33.6 Å². The van der Waals surface area contributed by atoms with Crippen LogP contribution < -0.4 is 0 Å². The van der Waals surface area contributed by atoms with Gasteiger partial charge in [-0.15, -0.1) is 0 Å². The van der Waals surface area contributed by atoms with Crippen molar-refractivity contribution in [1.82, 2.24) is 0 Å². The van der Waals surface area contributed by atoms with Crippen LogP contribution in [0.25, 0.3) is 0 Å². The first kappa shape index (κ1) is 13.8. The van der Waals surface area contributed by atoms with Crippen LogP contribution >= 0.6 is 0 Å². The van der Waals surface area contributed by atoms with Crippen LogP contribution in [0.4, 0.5) is 0 Å². The molecule has 0 unspecified atom stereocenters. The van der Waals surface area contributed by atoms with Gasteiger partial charge < -0.3 is 4.74 Å². The molecule has 3 heteroatoms. The summed E-state index contributed by atoms with van der Waals surface area (Å²) in [6.07, 6.45) is 2.25. The predicted octanol–water partition coefficient (Wildman–Crippen LogP) is 3.69. The second-order valence-electron chi connectivity index (χ2n) is 6.81. The van der Waals surface area contributed by atoms with Crippen molar-refractivity contribution in [3.63, 3.8) is 0 Å². The molecule has 0 aromatic carbocycles. The van der Waals surface area contributed by atoms with Crippen molar-refractivity contribution < 1.29 is 9.53 Å². The summed E-state index contributed by atoms with van der Waals surface area (Å²) >= 11 is 0. The molecule has 0 aliphatic heterocycles. The average molecular weight is 242 g/mol. The molecule has 0 amide bonds. The first-order valence-corrected chi connectivity index (χ1v) is 9.47. The van der Waals surface area contributed by atoms with Crippen molar-refractivity contribution in [3.8, 4) is 0 Å². The first-order valence-electron chi connectivity index (χ1n) is 6.27. The number of ether oxygens (including phenoxy) is 1. The molecule has 16 heavy (non-hydrogen) atoms. The fourth-order valence-electron chi connectivity index (χ4n) is 2.24. The monoisotopic (exact) mass is 242 g/mol. The van der Waals surface area contributed by atoms with Crippen LogP contribution in [0.3, 0.4) is 0 Å². The number of hydrogen-bond donors (Lipinski definition) is 0. The van der Waals surface area contributed by atoms with Gasteiger partial charge in [0.05, 0.1) is 21.1 Å². The van der Waals surface area contributed by atoms with Crippen molar-refractivity contribution in [3.05, 3.63) is 0 Å². The van der Waals surface area contributed by atoms with Crippen molar-refractivity contribution >= 4 is 14.0 Å². The summed E-state index contributed by atoms with van der Waals surface area (Å²) in [5.74, 6) is 0.794. The Kier molecular flexibility index (Phi) is 3.88. The minimum absolute atomic E-state index is 0.00922. The standard InChI is InChI=1S/C13H26O2Si/c1-13(2,3)16(5,6)9-10-7-8-11(10)12(14)15-4/h10-11H,7-9H2,1-6H3/t10-,11+/m0/s1. The molecule has 2 nitrogen and oxygen atoms in total. The Balaban J connectivity index is 2.59. The summed E-state index contributed by atoms with van der Waals surface area (Å²) in [5, 5.41) is 0.420. The Morgan fingerprint density at radius 1 is 1.31 bits per heavy atom. The molecule has 0 aromatic rings. The van der Waals surface area contributed by atoms with Gasteiger partial charge in [0.2, 0.25) is 0 Å². The molecule has 1 aliphatic rings. The van der Waals surface area contributed by atoms with Crippen LogP contribution in [0.2, 0.25) is 24.2 Å². The van der Waals surface area contributed by atoms with Crippen LogP contribution in [-0.2, 0) is 9.53 Å². The molecule has 1 rings (SSSR count). The fourth-order valence-corrected chi connectivity index (χ4v) is 4.65. The molecule has 0 heterocycles. The van der Waals surface area contributed by atoms with Crippen molar-refractivity contribution in [2.45, 2.75) is 57.8 Å². The summed E-state index contributed by atoms with van der Waals surface area (Å²) in [5.41, 5.74) is 0. The smallest absolute Gasteiger partial charge is 0.308 e. The van der Waals surface area contributed by atoms with Crippen LogP contribution in [0.5, 0.6) is 0 Å². The van der Waals surface area contributed by atoms with Gasteiger partial charge >= 0.3 is 5.97 Å². The number of rotatable bonds is 3. The molecule has 0 N–H and O–H groups in total. The number of esters is 1. The maximum absolute atomic E-state index is 11.5. The van der Waals surface area contributed by atoms with Crippen molar-refractivity contribution in [1.29, 1.82) is 0 Å². The molecule has 0 aromatic heterocycles. The van der Waals surface area contributed by atoms with E-state index in [1.54, 1.807) is 0 Å². The molecule has 0 spiro atoms. The molecule has 1 saturated carbocycles. The highest BCUT2D eigenvalue weighted by atomic mass is 28.3. The third-order valence-corrected chi connectivity index (χ3v) is 10.3. The quantitative estimate of drug-likeness (QED) is 0.557. The second-order valence-corrected chi connectivity index (χ2v) is 12.5. The maximum atomic E-state index is 11.5. The van der Waals surface area contributed by atoms with Gasteiger partial charge in [-0.25, -0.2) is 0 Å². The van der Waals surface area contributed by atoms with Crippen molar-refractivity contribution in [2.24, 2.45) is 11.8 Å². The molecule has 1 aliphatic carbocycles. The lowest BCUT2D eigenvalue weighted by molar-refractivity contribution is -0.151. The lowest BCUT2D eigenvalue weighted by Gasteiger charge is -2.44. The van der Waals surface area contributed by atoms with Crippen LogP contribution in [0.15, 0.2) is 0 Å².